The zero-order chi connectivity index (χ0) is 22.1. The van der Waals surface area contributed by atoms with E-state index in [1.807, 2.05) is 19.1 Å². The highest BCUT2D eigenvalue weighted by molar-refractivity contribution is 6.30. The van der Waals surface area contributed by atoms with E-state index in [-0.39, 0.29) is 11.3 Å². The molecule has 0 spiro atoms. The molecule has 0 aromatic heterocycles. The van der Waals surface area contributed by atoms with Gasteiger partial charge in [0.2, 0.25) is 0 Å². The molecule has 0 bridgehead atoms. The second-order valence-corrected chi connectivity index (χ2v) is 8.24. The highest BCUT2D eigenvalue weighted by Crippen LogP contribution is 2.36. The van der Waals surface area contributed by atoms with Gasteiger partial charge >= 0.3 is 0 Å². The van der Waals surface area contributed by atoms with Gasteiger partial charge in [0.15, 0.2) is 5.78 Å². The first-order chi connectivity index (χ1) is 14.9. The molecule has 2 aliphatic rings. The molecule has 158 valence electrons. The Balaban J connectivity index is 1.68. The summed E-state index contributed by atoms with van der Waals surface area (Å²) < 4.78 is 0. The van der Waals surface area contributed by atoms with Crippen LogP contribution in [0.15, 0.2) is 60.7 Å². The summed E-state index contributed by atoms with van der Waals surface area (Å²) in [5, 5.41) is 2.31. The number of imide groups is 1. The first-order valence-corrected chi connectivity index (χ1v) is 10.4. The van der Waals surface area contributed by atoms with E-state index in [0.717, 1.165) is 15.6 Å². The van der Waals surface area contributed by atoms with Crippen LogP contribution in [0.2, 0.25) is 5.02 Å². The zero-order valence-electron chi connectivity index (χ0n) is 17.0. The molecule has 0 N–H and O–H groups in total. The number of amides is 3. The van der Waals surface area contributed by atoms with Crippen LogP contribution in [0.3, 0.4) is 0 Å². The van der Waals surface area contributed by atoms with Crippen molar-refractivity contribution < 1.29 is 19.2 Å². The van der Waals surface area contributed by atoms with Crippen molar-refractivity contribution in [2.75, 3.05) is 6.54 Å². The Labute approximate surface area is 185 Å². The smallest absolute Gasteiger partial charge is 0.273 e. The largest absolute Gasteiger partial charge is 0.292 e. The van der Waals surface area contributed by atoms with Crippen molar-refractivity contribution in [3.8, 4) is 0 Å². The van der Waals surface area contributed by atoms with E-state index in [4.69, 9.17) is 11.6 Å². The molecule has 7 heteroatoms. The maximum absolute atomic E-state index is 13.3. The lowest BCUT2D eigenvalue weighted by atomic mass is 9.85. The number of hydrogen-bond donors (Lipinski definition) is 0. The topological polar surface area (TPSA) is 74.8 Å². The second kappa shape index (κ2) is 8.47. The highest BCUT2D eigenvalue weighted by atomic mass is 35.5. The second-order valence-electron chi connectivity index (χ2n) is 7.80. The summed E-state index contributed by atoms with van der Waals surface area (Å²) in [6.07, 6.45) is 4.64. The number of carbonyl (C=O) groups excluding carboxylic acids is 4. The van der Waals surface area contributed by atoms with Gasteiger partial charge in [0.25, 0.3) is 17.7 Å². The monoisotopic (exact) mass is 436 g/mol. The van der Waals surface area contributed by atoms with Crippen LogP contribution >= 0.6 is 11.6 Å². The van der Waals surface area contributed by atoms with Gasteiger partial charge in [-0.2, -0.15) is 5.01 Å². The van der Waals surface area contributed by atoms with Crippen molar-refractivity contribution in [3.05, 3.63) is 82.4 Å². The maximum Gasteiger partial charge on any atom is 0.273 e. The number of Topliss-reactive ketones (excluding diaryl/α,β-unsaturated/α-hetero) is 1. The Morgan fingerprint density at radius 1 is 0.903 bits per heavy atom. The summed E-state index contributed by atoms with van der Waals surface area (Å²) in [5.41, 5.74) is 1.62. The number of allylic oxidation sites excluding steroid dienone is 2. The summed E-state index contributed by atoms with van der Waals surface area (Å²) in [4.78, 5) is 52.5. The average Bonchev–Trinajstić information content (AvgIpc) is 3.03. The minimum Gasteiger partial charge on any atom is -0.292 e. The van der Waals surface area contributed by atoms with Gasteiger partial charge in [0, 0.05) is 16.1 Å². The standard InChI is InChI=1S/C24H21ClN2O4/c1-15-6-8-16(9-7-15)21(28)14-26(22(29)17-10-12-18(25)13-11-17)27-23(30)19-4-2-3-5-20(19)24(27)31/h2-3,6-13,19-20H,4-5,14H2,1H3/t19-,20+. The average molecular weight is 437 g/mol. The highest BCUT2D eigenvalue weighted by Gasteiger charge is 2.51. The number of fused-ring (bicyclic) bond motifs is 1. The minimum atomic E-state index is -0.606. The van der Waals surface area contributed by atoms with Crippen molar-refractivity contribution in [2.24, 2.45) is 11.8 Å². The van der Waals surface area contributed by atoms with Gasteiger partial charge in [-0.3, -0.25) is 19.2 Å². The van der Waals surface area contributed by atoms with Crippen molar-refractivity contribution >= 4 is 35.1 Å². The zero-order valence-corrected chi connectivity index (χ0v) is 17.7. The Morgan fingerprint density at radius 2 is 1.42 bits per heavy atom. The van der Waals surface area contributed by atoms with Crippen molar-refractivity contribution in [2.45, 2.75) is 19.8 Å². The Hall–Kier alpha value is -3.25. The summed E-state index contributed by atoms with van der Waals surface area (Å²) in [6, 6.07) is 13.0. The lowest BCUT2D eigenvalue weighted by Crippen LogP contribution is -2.52. The lowest BCUT2D eigenvalue weighted by molar-refractivity contribution is -0.154. The number of rotatable bonds is 5. The fraction of sp³-hybridized carbons (Fsp3) is 0.250. The Morgan fingerprint density at radius 3 is 1.97 bits per heavy atom. The third kappa shape index (κ3) is 4.03. The van der Waals surface area contributed by atoms with Crippen LogP contribution in [0.25, 0.3) is 0 Å². The van der Waals surface area contributed by atoms with E-state index < -0.39 is 36.1 Å². The number of benzene rings is 2. The molecule has 0 saturated carbocycles. The fourth-order valence-electron chi connectivity index (χ4n) is 3.96. The number of nitrogens with zero attached hydrogens (tertiary/aromatic N) is 2. The quantitative estimate of drug-likeness (QED) is 0.405. The van der Waals surface area contributed by atoms with E-state index in [2.05, 4.69) is 0 Å². The molecule has 3 amide bonds. The molecule has 1 aliphatic carbocycles. The number of ketones is 1. The third-order valence-electron chi connectivity index (χ3n) is 5.72. The van der Waals surface area contributed by atoms with Gasteiger partial charge in [-0.25, -0.2) is 5.01 Å². The third-order valence-corrected chi connectivity index (χ3v) is 5.97. The SMILES string of the molecule is Cc1ccc(C(=O)CN(C(=O)c2ccc(Cl)cc2)N2C(=O)[C@H]3CC=CC[C@H]3C2=O)cc1. The van der Waals surface area contributed by atoms with Crippen molar-refractivity contribution in [1.82, 2.24) is 10.0 Å². The fourth-order valence-corrected chi connectivity index (χ4v) is 4.09. The number of carbonyl (C=O) groups is 4. The normalized spacial score (nSPS) is 20.0. The lowest BCUT2D eigenvalue weighted by Gasteiger charge is -2.30. The first-order valence-electron chi connectivity index (χ1n) is 10.1. The molecule has 0 radical (unpaired) electrons. The van der Waals surface area contributed by atoms with Gasteiger partial charge in [0.1, 0.15) is 6.54 Å². The number of hydrogen-bond acceptors (Lipinski definition) is 4. The summed E-state index contributed by atoms with van der Waals surface area (Å²) in [5.74, 6) is -2.88. The molecule has 6 nitrogen and oxygen atoms in total. The van der Waals surface area contributed by atoms with E-state index in [0.29, 0.717) is 23.4 Å². The van der Waals surface area contributed by atoms with Crippen LogP contribution in [0, 0.1) is 18.8 Å². The molecule has 4 rings (SSSR count). The number of aryl methyl sites for hydroxylation is 1. The molecule has 1 fully saturated rings. The maximum atomic E-state index is 13.3. The Bertz CT molecular complexity index is 1050. The van der Waals surface area contributed by atoms with E-state index in [1.165, 1.54) is 12.1 Å². The molecule has 2 aromatic carbocycles. The summed E-state index contributed by atoms with van der Waals surface area (Å²) in [7, 11) is 0. The predicted octanol–water partition coefficient (Wildman–Crippen LogP) is 3.84. The molecular weight excluding hydrogens is 416 g/mol. The molecule has 2 aromatic rings. The minimum absolute atomic E-state index is 0.231. The van der Waals surface area contributed by atoms with E-state index in [1.54, 1.807) is 36.4 Å². The van der Waals surface area contributed by atoms with Crippen LogP contribution in [-0.4, -0.2) is 40.1 Å². The molecule has 31 heavy (non-hydrogen) atoms. The number of halogens is 1. The molecule has 1 aliphatic heterocycles. The molecule has 1 heterocycles. The van der Waals surface area contributed by atoms with Gasteiger partial charge in [0.05, 0.1) is 11.8 Å². The molecule has 0 unspecified atom stereocenters. The predicted molar refractivity (Wildman–Crippen MR) is 115 cm³/mol. The van der Waals surface area contributed by atoms with Gasteiger partial charge < -0.3 is 0 Å². The van der Waals surface area contributed by atoms with Gasteiger partial charge in [-0.15, -0.1) is 0 Å². The Kier molecular flexibility index (Phi) is 5.74. The summed E-state index contributed by atoms with van der Waals surface area (Å²) in [6.45, 7) is 1.48. The van der Waals surface area contributed by atoms with Crippen molar-refractivity contribution in [3.63, 3.8) is 0 Å². The first kappa shape index (κ1) is 21.0. The van der Waals surface area contributed by atoms with E-state index >= 15 is 0 Å². The molecule has 1 saturated heterocycles. The molecule has 2 atom stereocenters. The van der Waals surface area contributed by atoms with E-state index in [9.17, 15) is 19.2 Å². The molecular formula is C24H21ClN2O4. The summed E-state index contributed by atoms with van der Waals surface area (Å²) >= 11 is 5.92. The van der Waals surface area contributed by atoms with Gasteiger partial charge in [-0.05, 0) is 44.0 Å². The van der Waals surface area contributed by atoms with Crippen LogP contribution in [0.1, 0.15) is 39.1 Å². The van der Waals surface area contributed by atoms with Crippen LogP contribution in [-0.2, 0) is 9.59 Å². The van der Waals surface area contributed by atoms with Crippen LogP contribution in [0.4, 0.5) is 0 Å². The van der Waals surface area contributed by atoms with Gasteiger partial charge in [-0.1, -0.05) is 53.6 Å². The van der Waals surface area contributed by atoms with Crippen molar-refractivity contribution in [1.29, 1.82) is 0 Å². The van der Waals surface area contributed by atoms with Crippen LogP contribution in [0.5, 0.6) is 0 Å². The van der Waals surface area contributed by atoms with Crippen LogP contribution < -0.4 is 0 Å². The number of hydrazine groups is 1.